The van der Waals surface area contributed by atoms with Gasteiger partial charge in [-0.3, -0.25) is 9.89 Å². The number of carbonyl (C=O) groups is 1. The van der Waals surface area contributed by atoms with Crippen LogP contribution < -0.4 is 10.9 Å². The number of amides is 2. The van der Waals surface area contributed by atoms with Gasteiger partial charge in [-0.2, -0.15) is 0 Å². The van der Waals surface area contributed by atoms with Crippen molar-refractivity contribution in [1.29, 1.82) is 0 Å². The van der Waals surface area contributed by atoms with Crippen molar-refractivity contribution in [2.75, 3.05) is 13.1 Å². The Hall–Kier alpha value is -1.72. The van der Waals surface area contributed by atoms with E-state index in [2.05, 4.69) is 15.5 Å². The minimum absolute atomic E-state index is 0.108. The molecule has 0 saturated heterocycles. The van der Waals surface area contributed by atoms with Crippen LogP contribution in [0.25, 0.3) is 0 Å². The van der Waals surface area contributed by atoms with Crippen LogP contribution >= 0.6 is 0 Å². The number of hydrogen-bond donors (Lipinski definition) is 3. The molecule has 0 aliphatic carbocycles. The first-order valence-corrected chi connectivity index (χ1v) is 5.03. The van der Waals surface area contributed by atoms with E-state index >= 15 is 0 Å². The van der Waals surface area contributed by atoms with Gasteiger partial charge in [-0.05, 0) is 6.92 Å². The fourth-order valence-electron chi connectivity index (χ4n) is 1.75. The molecule has 3 N–H and O–H groups in total. The average molecular weight is 210 g/mol. The third-order valence-corrected chi connectivity index (χ3v) is 2.56. The Morgan fingerprint density at radius 1 is 1.53 bits per heavy atom. The molecular weight excluding hydrogens is 196 g/mol. The monoisotopic (exact) mass is 210 g/mol. The summed E-state index contributed by atoms with van der Waals surface area (Å²) in [5.41, 5.74) is 1.46. The number of nitrogens with one attached hydrogen (secondary N) is 3. The van der Waals surface area contributed by atoms with E-state index in [1.165, 1.54) is 0 Å². The summed E-state index contributed by atoms with van der Waals surface area (Å²) in [7, 11) is 0. The minimum atomic E-state index is -0.126. The van der Waals surface area contributed by atoms with Gasteiger partial charge in [0.1, 0.15) is 0 Å². The van der Waals surface area contributed by atoms with Gasteiger partial charge < -0.3 is 15.3 Å². The number of hydrogen-bond acceptors (Lipinski definition) is 2. The van der Waals surface area contributed by atoms with E-state index in [9.17, 15) is 9.59 Å². The van der Waals surface area contributed by atoms with Crippen molar-refractivity contribution in [1.82, 2.24) is 20.4 Å². The molecule has 2 amide bonds. The molecular formula is C9H14N4O2. The SMILES string of the molecule is CCNC(=O)N1CCc2[nH][nH]c(=O)c2C1. The Morgan fingerprint density at radius 3 is 3.07 bits per heavy atom. The first-order valence-electron chi connectivity index (χ1n) is 5.03. The van der Waals surface area contributed by atoms with Crippen LogP contribution in [0.2, 0.25) is 0 Å². The summed E-state index contributed by atoms with van der Waals surface area (Å²) in [6.07, 6.45) is 0.700. The van der Waals surface area contributed by atoms with Gasteiger partial charge >= 0.3 is 6.03 Å². The van der Waals surface area contributed by atoms with E-state index in [0.717, 1.165) is 5.69 Å². The third-order valence-electron chi connectivity index (χ3n) is 2.56. The number of rotatable bonds is 1. The first kappa shape index (κ1) is 9.82. The number of carbonyl (C=O) groups excluding carboxylic acids is 1. The number of nitrogens with zero attached hydrogens (tertiary/aromatic N) is 1. The molecule has 0 bridgehead atoms. The second kappa shape index (κ2) is 3.80. The lowest BCUT2D eigenvalue weighted by Gasteiger charge is -2.25. The maximum absolute atomic E-state index is 11.5. The van der Waals surface area contributed by atoms with E-state index in [-0.39, 0.29) is 11.6 Å². The van der Waals surface area contributed by atoms with E-state index in [0.29, 0.717) is 31.6 Å². The van der Waals surface area contributed by atoms with Gasteiger partial charge in [0.15, 0.2) is 0 Å². The lowest BCUT2D eigenvalue weighted by molar-refractivity contribution is 0.192. The molecule has 2 rings (SSSR count). The molecule has 1 aromatic heterocycles. The molecule has 0 unspecified atom stereocenters. The fourth-order valence-corrected chi connectivity index (χ4v) is 1.75. The molecule has 15 heavy (non-hydrogen) atoms. The maximum Gasteiger partial charge on any atom is 0.317 e. The largest absolute Gasteiger partial charge is 0.338 e. The van der Waals surface area contributed by atoms with Crippen molar-refractivity contribution in [2.24, 2.45) is 0 Å². The molecule has 0 atom stereocenters. The van der Waals surface area contributed by atoms with E-state index in [1.54, 1.807) is 4.90 Å². The predicted octanol–water partition coefficient (Wildman–Crippen LogP) is -0.209. The van der Waals surface area contributed by atoms with Crippen LogP contribution in [0.1, 0.15) is 18.2 Å². The van der Waals surface area contributed by atoms with Gasteiger partial charge in [-0.15, -0.1) is 0 Å². The van der Waals surface area contributed by atoms with Gasteiger partial charge in [0, 0.05) is 25.2 Å². The van der Waals surface area contributed by atoms with Gasteiger partial charge in [-0.25, -0.2) is 4.79 Å². The van der Waals surface area contributed by atoms with Crippen molar-refractivity contribution in [3.63, 3.8) is 0 Å². The number of aromatic amines is 2. The second-order valence-electron chi connectivity index (χ2n) is 3.54. The highest BCUT2D eigenvalue weighted by atomic mass is 16.2. The molecule has 1 aliphatic heterocycles. The van der Waals surface area contributed by atoms with Gasteiger partial charge in [-0.1, -0.05) is 0 Å². The highest BCUT2D eigenvalue weighted by Crippen LogP contribution is 2.12. The Kier molecular flexibility index (Phi) is 2.49. The lowest BCUT2D eigenvalue weighted by Crippen LogP contribution is -2.43. The van der Waals surface area contributed by atoms with E-state index < -0.39 is 0 Å². The second-order valence-corrected chi connectivity index (χ2v) is 3.54. The van der Waals surface area contributed by atoms with Crippen molar-refractivity contribution in [3.05, 3.63) is 21.6 Å². The van der Waals surface area contributed by atoms with E-state index in [4.69, 9.17) is 0 Å². The molecule has 6 nitrogen and oxygen atoms in total. The fraction of sp³-hybridized carbons (Fsp3) is 0.556. The standard InChI is InChI=1S/C9H14N4O2/c1-2-10-9(15)13-4-3-7-6(5-13)8(14)12-11-7/h2-5H2,1H3,(H,10,15)(H2,11,12,14). The molecule has 0 saturated carbocycles. The molecule has 0 radical (unpaired) electrons. The van der Waals surface area contributed by atoms with Crippen LogP contribution in [-0.4, -0.2) is 34.2 Å². The van der Waals surface area contributed by atoms with Crippen LogP contribution in [-0.2, 0) is 13.0 Å². The summed E-state index contributed by atoms with van der Waals surface area (Å²) < 4.78 is 0. The molecule has 1 aromatic rings. The van der Waals surface area contributed by atoms with Crippen LogP contribution in [0, 0.1) is 0 Å². The Labute approximate surface area is 86.6 Å². The van der Waals surface area contributed by atoms with Crippen molar-refractivity contribution < 1.29 is 4.79 Å². The first-order chi connectivity index (χ1) is 7.22. The Balaban J connectivity index is 2.14. The Bertz CT molecular complexity index is 420. The predicted molar refractivity (Wildman–Crippen MR) is 54.6 cm³/mol. The van der Waals surface area contributed by atoms with Crippen LogP contribution in [0.15, 0.2) is 4.79 Å². The van der Waals surface area contributed by atoms with Gasteiger partial charge in [0.05, 0.1) is 12.1 Å². The quantitative estimate of drug-likeness (QED) is 0.599. The van der Waals surface area contributed by atoms with Crippen LogP contribution in [0.3, 0.4) is 0 Å². The lowest BCUT2D eigenvalue weighted by atomic mass is 10.1. The van der Waals surface area contributed by atoms with Crippen LogP contribution in [0.4, 0.5) is 4.79 Å². The van der Waals surface area contributed by atoms with Crippen molar-refractivity contribution in [2.45, 2.75) is 19.9 Å². The number of urea groups is 1. The molecule has 0 fully saturated rings. The maximum atomic E-state index is 11.5. The summed E-state index contributed by atoms with van der Waals surface area (Å²) in [6, 6.07) is -0.108. The normalized spacial score (nSPS) is 14.9. The highest BCUT2D eigenvalue weighted by Gasteiger charge is 2.23. The zero-order valence-electron chi connectivity index (χ0n) is 8.59. The van der Waals surface area contributed by atoms with E-state index in [1.807, 2.05) is 6.92 Å². The number of H-pyrrole nitrogens is 2. The molecule has 2 heterocycles. The molecule has 0 spiro atoms. The zero-order valence-corrected chi connectivity index (χ0v) is 8.59. The zero-order chi connectivity index (χ0) is 10.8. The average Bonchev–Trinajstić information content (AvgIpc) is 2.60. The molecule has 0 aromatic carbocycles. The number of fused-ring (bicyclic) bond motifs is 1. The topological polar surface area (TPSA) is 81.0 Å². The van der Waals surface area contributed by atoms with Gasteiger partial charge in [0.25, 0.3) is 5.56 Å². The molecule has 1 aliphatic rings. The smallest absolute Gasteiger partial charge is 0.317 e. The Morgan fingerprint density at radius 2 is 2.33 bits per heavy atom. The molecule has 82 valence electrons. The summed E-state index contributed by atoms with van der Waals surface area (Å²) in [5, 5.41) is 8.08. The minimum Gasteiger partial charge on any atom is -0.338 e. The number of aromatic nitrogens is 2. The summed E-state index contributed by atoms with van der Waals surface area (Å²) in [6.45, 7) is 3.51. The van der Waals surface area contributed by atoms with Crippen molar-refractivity contribution in [3.8, 4) is 0 Å². The van der Waals surface area contributed by atoms with Gasteiger partial charge in [0.2, 0.25) is 0 Å². The van der Waals surface area contributed by atoms with Crippen molar-refractivity contribution >= 4 is 6.03 Å². The molecule has 6 heteroatoms. The van der Waals surface area contributed by atoms with Crippen LogP contribution in [0.5, 0.6) is 0 Å². The summed E-state index contributed by atoms with van der Waals surface area (Å²) >= 11 is 0. The third kappa shape index (κ3) is 1.74. The summed E-state index contributed by atoms with van der Waals surface area (Å²) in [5.74, 6) is 0. The highest BCUT2D eigenvalue weighted by molar-refractivity contribution is 5.74. The summed E-state index contributed by atoms with van der Waals surface area (Å²) in [4.78, 5) is 24.5.